The molecule has 1 aliphatic rings. The zero-order valence-corrected chi connectivity index (χ0v) is 14.2. The summed E-state index contributed by atoms with van der Waals surface area (Å²) in [5.41, 5.74) is 1.20. The summed E-state index contributed by atoms with van der Waals surface area (Å²) in [6, 6.07) is 7.86. The van der Waals surface area contributed by atoms with Crippen LogP contribution in [0.15, 0.2) is 24.3 Å². The number of ether oxygens (including phenoxy) is 2. The SMILES string of the molecule is Cc1ccc(OCCC(=O)NCCCOC2CCCCC2)cc1. The lowest BCUT2D eigenvalue weighted by atomic mass is 9.98. The van der Waals surface area contributed by atoms with E-state index in [1.807, 2.05) is 31.2 Å². The standard InChI is InChI=1S/C19H29NO3/c1-16-8-10-18(11-9-16)23-15-12-19(21)20-13-5-14-22-17-6-3-2-4-7-17/h8-11,17H,2-7,12-15H2,1H3,(H,20,21). The molecular formula is C19H29NO3. The van der Waals surface area contributed by atoms with Crippen LogP contribution >= 0.6 is 0 Å². The second-order valence-corrected chi connectivity index (χ2v) is 6.25. The summed E-state index contributed by atoms with van der Waals surface area (Å²) in [7, 11) is 0. The molecule has 1 aromatic carbocycles. The number of amides is 1. The molecule has 1 amide bonds. The van der Waals surface area contributed by atoms with Gasteiger partial charge >= 0.3 is 0 Å². The average Bonchev–Trinajstić information content (AvgIpc) is 2.57. The number of hydrogen-bond acceptors (Lipinski definition) is 3. The fourth-order valence-corrected chi connectivity index (χ4v) is 2.77. The van der Waals surface area contributed by atoms with Crippen molar-refractivity contribution in [2.75, 3.05) is 19.8 Å². The Balaban J connectivity index is 1.46. The number of aryl methyl sites for hydroxylation is 1. The van der Waals surface area contributed by atoms with E-state index >= 15 is 0 Å². The van der Waals surface area contributed by atoms with Crippen LogP contribution in [-0.2, 0) is 9.53 Å². The average molecular weight is 319 g/mol. The fourth-order valence-electron chi connectivity index (χ4n) is 2.77. The first kappa shape index (κ1) is 17.8. The van der Waals surface area contributed by atoms with Gasteiger partial charge in [-0.25, -0.2) is 0 Å². The van der Waals surface area contributed by atoms with Gasteiger partial charge < -0.3 is 14.8 Å². The predicted molar refractivity (Wildman–Crippen MR) is 91.7 cm³/mol. The van der Waals surface area contributed by atoms with Gasteiger partial charge in [-0.1, -0.05) is 37.0 Å². The minimum atomic E-state index is 0.0368. The molecule has 1 N–H and O–H groups in total. The van der Waals surface area contributed by atoms with E-state index in [2.05, 4.69) is 5.32 Å². The largest absolute Gasteiger partial charge is 0.493 e. The Hall–Kier alpha value is -1.55. The smallest absolute Gasteiger partial charge is 0.223 e. The first-order chi connectivity index (χ1) is 11.2. The van der Waals surface area contributed by atoms with Crippen LogP contribution < -0.4 is 10.1 Å². The topological polar surface area (TPSA) is 47.6 Å². The van der Waals surface area contributed by atoms with E-state index < -0.39 is 0 Å². The number of benzene rings is 1. The molecule has 128 valence electrons. The number of carbonyl (C=O) groups excluding carboxylic acids is 1. The van der Waals surface area contributed by atoms with Crippen molar-refractivity contribution in [1.29, 1.82) is 0 Å². The van der Waals surface area contributed by atoms with Crippen LogP contribution in [0.25, 0.3) is 0 Å². The molecule has 0 saturated heterocycles. The molecule has 0 spiro atoms. The van der Waals surface area contributed by atoms with E-state index in [0.29, 0.717) is 25.7 Å². The Bertz CT molecular complexity index is 452. The van der Waals surface area contributed by atoms with E-state index in [9.17, 15) is 4.79 Å². The minimum absolute atomic E-state index is 0.0368. The molecule has 0 aromatic heterocycles. The fraction of sp³-hybridized carbons (Fsp3) is 0.632. The van der Waals surface area contributed by atoms with E-state index in [4.69, 9.17) is 9.47 Å². The summed E-state index contributed by atoms with van der Waals surface area (Å²) in [6.07, 6.45) is 8.04. The van der Waals surface area contributed by atoms with Crippen molar-refractivity contribution in [2.45, 2.75) is 58.0 Å². The lowest BCUT2D eigenvalue weighted by molar-refractivity contribution is -0.121. The van der Waals surface area contributed by atoms with Crippen LogP contribution in [0.1, 0.15) is 50.5 Å². The third-order valence-corrected chi connectivity index (χ3v) is 4.17. The van der Waals surface area contributed by atoms with Crippen molar-refractivity contribution in [3.8, 4) is 5.75 Å². The molecule has 1 aromatic rings. The van der Waals surface area contributed by atoms with Crippen molar-refractivity contribution in [3.05, 3.63) is 29.8 Å². The van der Waals surface area contributed by atoms with Gasteiger partial charge in [0.1, 0.15) is 5.75 Å². The Labute approximate surface area is 139 Å². The van der Waals surface area contributed by atoms with Gasteiger partial charge in [-0.3, -0.25) is 4.79 Å². The molecule has 4 heteroatoms. The minimum Gasteiger partial charge on any atom is -0.493 e. The zero-order chi connectivity index (χ0) is 16.3. The van der Waals surface area contributed by atoms with Gasteiger partial charge in [0.25, 0.3) is 0 Å². The van der Waals surface area contributed by atoms with Gasteiger partial charge in [0.05, 0.1) is 19.1 Å². The van der Waals surface area contributed by atoms with Crippen molar-refractivity contribution in [3.63, 3.8) is 0 Å². The molecule has 0 aliphatic heterocycles. The molecule has 1 fully saturated rings. The summed E-state index contributed by atoms with van der Waals surface area (Å²) >= 11 is 0. The highest BCUT2D eigenvalue weighted by atomic mass is 16.5. The second-order valence-electron chi connectivity index (χ2n) is 6.25. The highest BCUT2D eigenvalue weighted by Crippen LogP contribution is 2.20. The maximum Gasteiger partial charge on any atom is 0.223 e. The molecule has 0 atom stereocenters. The van der Waals surface area contributed by atoms with Crippen molar-refractivity contribution >= 4 is 5.91 Å². The molecule has 23 heavy (non-hydrogen) atoms. The molecular weight excluding hydrogens is 290 g/mol. The number of carbonyl (C=O) groups is 1. The van der Waals surface area contributed by atoms with Crippen LogP contribution in [0.5, 0.6) is 5.75 Å². The maximum absolute atomic E-state index is 11.7. The molecule has 0 radical (unpaired) electrons. The van der Waals surface area contributed by atoms with Gasteiger partial charge in [0, 0.05) is 13.2 Å². The first-order valence-corrected chi connectivity index (χ1v) is 8.82. The quantitative estimate of drug-likeness (QED) is 0.707. The normalized spacial score (nSPS) is 15.3. The van der Waals surface area contributed by atoms with E-state index in [-0.39, 0.29) is 5.91 Å². The van der Waals surface area contributed by atoms with E-state index in [0.717, 1.165) is 18.8 Å². The molecule has 2 rings (SSSR count). The van der Waals surface area contributed by atoms with Gasteiger partial charge in [-0.2, -0.15) is 0 Å². The van der Waals surface area contributed by atoms with Crippen LogP contribution in [-0.4, -0.2) is 31.8 Å². The van der Waals surface area contributed by atoms with E-state index in [1.54, 1.807) is 0 Å². The van der Waals surface area contributed by atoms with Gasteiger partial charge in [-0.05, 0) is 38.3 Å². The second kappa shape index (κ2) is 10.3. The first-order valence-electron chi connectivity index (χ1n) is 8.82. The van der Waals surface area contributed by atoms with Gasteiger partial charge in [0.15, 0.2) is 0 Å². The predicted octanol–water partition coefficient (Wildman–Crippen LogP) is 3.62. The van der Waals surface area contributed by atoms with Crippen molar-refractivity contribution in [1.82, 2.24) is 5.32 Å². The summed E-state index contributed by atoms with van der Waals surface area (Å²) < 4.78 is 11.4. The van der Waals surface area contributed by atoms with Crippen LogP contribution in [0.2, 0.25) is 0 Å². The molecule has 1 aliphatic carbocycles. The molecule has 1 saturated carbocycles. The summed E-state index contributed by atoms with van der Waals surface area (Å²) in [4.78, 5) is 11.7. The molecule has 0 unspecified atom stereocenters. The maximum atomic E-state index is 11.7. The van der Waals surface area contributed by atoms with E-state index in [1.165, 1.54) is 37.7 Å². The van der Waals surface area contributed by atoms with Gasteiger partial charge in [-0.15, -0.1) is 0 Å². The van der Waals surface area contributed by atoms with Crippen molar-refractivity contribution in [2.24, 2.45) is 0 Å². The Morgan fingerprint density at radius 1 is 1.13 bits per heavy atom. The number of nitrogens with one attached hydrogen (secondary N) is 1. The summed E-state index contributed by atoms with van der Waals surface area (Å²) in [5.74, 6) is 0.846. The number of rotatable bonds is 9. The lowest BCUT2D eigenvalue weighted by Gasteiger charge is -2.21. The third-order valence-electron chi connectivity index (χ3n) is 4.17. The highest BCUT2D eigenvalue weighted by molar-refractivity contribution is 5.75. The molecule has 0 heterocycles. The highest BCUT2D eigenvalue weighted by Gasteiger charge is 2.13. The van der Waals surface area contributed by atoms with Gasteiger partial charge in [0.2, 0.25) is 5.91 Å². The Morgan fingerprint density at radius 3 is 2.61 bits per heavy atom. The molecule has 4 nitrogen and oxygen atoms in total. The van der Waals surface area contributed by atoms with Crippen molar-refractivity contribution < 1.29 is 14.3 Å². The third kappa shape index (κ3) is 7.51. The zero-order valence-electron chi connectivity index (χ0n) is 14.2. The lowest BCUT2D eigenvalue weighted by Crippen LogP contribution is -2.27. The Kier molecular flexibility index (Phi) is 7.95. The Morgan fingerprint density at radius 2 is 1.87 bits per heavy atom. The molecule has 0 bridgehead atoms. The summed E-state index contributed by atoms with van der Waals surface area (Å²) in [5, 5.41) is 2.92. The monoisotopic (exact) mass is 319 g/mol. The van der Waals surface area contributed by atoms with Crippen LogP contribution in [0.3, 0.4) is 0 Å². The van der Waals surface area contributed by atoms with Crippen LogP contribution in [0, 0.1) is 6.92 Å². The summed E-state index contributed by atoms with van der Waals surface area (Å²) in [6.45, 7) is 3.86. The van der Waals surface area contributed by atoms with Crippen LogP contribution in [0.4, 0.5) is 0 Å². The number of hydrogen-bond donors (Lipinski definition) is 1.